The average molecular weight is 435 g/mol. The topological polar surface area (TPSA) is 27.7 Å². The van der Waals surface area contributed by atoms with Crippen LogP contribution in [0.4, 0.5) is 0 Å². The molecule has 0 unspecified atom stereocenters. The van der Waals surface area contributed by atoms with Gasteiger partial charge in [0.1, 0.15) is 26.0 Å². The van der Waals surface area contributed by atoms with Gasteiger partial charge in [-0.15, -0.1) is 0 Å². The first-order chi connectivity index (χ1) is 14.9. The van der Waals surface area contributed by atoms with Gasteiger partial charge in [-0.1, -0.05) is 54.6 Å². The van der Waals surface area contributed by atoms with Gasteiger partial charge in [0, 0.05) is 0 Å². The zero-order valence-electron chi connectivity index (χ0n) is 19.5. The second-order valence-electron chi connectivity index (χ2n) is 8.55. The average Bonchev–Trinajstić information content (AvgIpc) is 2.70. The molecule has 0 N–H and O–H groups in total. The monoisotopic (exact) mass is 434 g/mol. The van der Waals surface area contributed by atoms with E-state index in [0.717, 1.165) is 17.2 Å². The lowest BCUT2D eigenvalue weighted by Gasteiger charge is -2.26. The molecular formula is C27H34O3Si. The third kappa shape index (κ3) is 5.92. The van der Waals surface area contributed by atoms with Gasteiger partial charge in [-0.25, -0.2) is 0 Å². The van der Waals surface area contributed by atoms with Crippen molar-refractivity contribution in [2.45, 2.75) is 59.9 Å². The van der Waals surface area contributed by atoms with Crippen LogP contribution in [0.1, 0.15) is 41.5 Å². The molecule has 0 saturated carbocycles. The summed E-state index contributed by atoms with van der Waals surface area (Å²) in [7, 11) is -1.98. The molecule has 0 bridgehead atoms. The van der Waals surface area contributed by atoms with E-state index in [2.05, 4.69) is 96.1 Å². The lowest BCUT2D eigenvalue weighted by Crippen LogP contribution is -2.53. The first kappa shape index (κ1) is 23.0. The highest BCUT2D eigenvalue weighted by molar-refractivity contribution is 6.97. The summed E-state index contributed by atoms with van der Waals surface area (Å²) >= 11 is 0. The predicted octanol–water partition coefficient (Wildman–Crippen LogP) is 4.30. The molecule has 0 amide bonds. The highest BCUT2D eigenvalue weighted by atomic mass is 28.3. The molecule has 0 fully saturated rings. The molecule has 0 aliphatic rings. The van der Waals surface area contributed by atoms with Gasteiger partial charge in [0.2, 0.25) is 0 Å². The molecule has 0 heterocycles. The summed E-state index contributed by atoms with van der Waals surface area (Å²) in [5.74, 6) is 2.81. The van der Waals surface area contributed by atoms with Crippen LogP contribution < -0.4 is 29.8 Å². The number of para-hydroxylation sites is 3. The Balaban J connectivity index is 2.26. The van der Waals surface area contributed by atoms with Crippen molar-refractivity contribution in [3.05, 3.63) is 72.8 Å². The van der Waals surface area contributed by atoms with Crippen LogP contribution >= 0.6 is 0 Å². The second kappa shape index (κ2) is 10.5. The highest BCUT2D eigenvalue weighted by Gasteiger charge is 2.28. The standard InChI is InChI=1S/C27H34O3Si/c1-19(2)28-22-13-7-10-16-25(22)31(26-17-11-8-14-23(26)29-20(3)4)27-18-12-9-15-24(27)30-21(5)6/h7-21,31H,1-6H3. The summed E-state index contributed by atoms with van der Waals surface area (Å²) < 4.78 is 18.8. The fraction of sp³-hybridized carbons (Fsp3) is 0.333. The number of hydrogen-bond acceptors (Lipinski definition) is 3. The molecule has 0 aromatic heterocycles. The van der Waals surface area contributed by atoms with Crippen molar-refractivity contribution in [2.24, 2.45) is 0 Å². The predicted molar refractivity (Wildman–Crippen MR) is 133 cm³/mol. The molecule has 3 rings (SSSR count). The molecule has 0 atom stereocenters. The number of rotatable bonds is 9. The Hall–Kier alpha value is -2.72. The first-order valence-corrected chi connectivity index (χ1v) is 12.9. The lowest BCUT2D eigenvalue weighted by atomic mass is 10.3. The maximum Gasteiger partial charge on any atom is 0.147 e. The zero-order chi connectivity index (χ0) is 22.4. The Kier molecular flexibility index (Phi) is 7.80. The van der Waals surface area contributed by atoms with E-state index in [4.69, 9.17) is 14.2 Å². The highest BCUT2D eigenvalue weighted by Crippen LogP contribution is 2.19. The van der Waals surface area contributed by atoms with Gasteiger partial charge in [0.15, 0.2) is 0 Å². The first-order valence-electron chi connectivity index (χ1n) is 11.1. The molecule has 0 aliphatic carbocycles. The quantitative estimate of drug-likeness (QED) is 0.371. The Labute approximate surface area is 188 Å². The smallest absolute Gasteiger partial charge is 0.147 e. The third-order valence-corrected chi connectivity index (χ3v) is 8.07. The van der Waals surface area contributed by atoms with Crippen LogP contribution in [-0.4, -0.2) is 27.1 Å². The largest absolute Gasteiger partial charge is 0.491 e. The van der Waals surface area contributed by atoms with E-state index in [-0.39, 0.29) is 18.3 Å². The van der Waals surface area contributed by atoms with Gasteiger partial charge in [0.25, 0.3) is 0 Å². The molecule has 3 nitrogen and oxygen atoms in total. The van der Waals surface area contributed by atoms with Gasteiger partial charge >= 0.3 is 0 Å². The van der Waals surface area contributed by atoms with Gasteiger partial charge in [0.05, 0.1) is 18.3 Å². The van der Waals surface area contributed by atoms with Crippen molar-refractivity contribution in [1.29, 1.82) is 0 Å². The lowest BCUT2D eigenvalue weighted by molar-refractivity contribution is 0.244. The van der Waals surface area contributed by atoms with Crippen LogP contribution in [0.3, 0.4) is 0 Å². The summed E-state index contributed by atoms with van der Waals surface area (Å²) in [6, 6.07) is 25.3. The summed E-state index contributed by atoms with van der Waals surface area (Å²) in [5.41, 5.74) is 0. The minimum Gasteiger partial charge on any atom is -0.491 e. The molecule has 4 heteroatoms. The van der Waals surface area contributed by atoms with Gasteiger partial charge in [-0.05, 0) is 75.3 Å². The van der Waals surface area contributed by atoms with E-state index in [1.807, 2.05) is 18.2 Å². The fourth-order valence-corrected chi connectivity index (χ4v) is 7.01. The van der Waals surface area contributed by atoms with Gasteiger partial charge in [-0.2, -0.15) is 0 Å². The fourth-order valence-electron chi connectivity index (χ4n) is 3.74. The van der Waals surface area contributed by atoms with Crippen molar-refractivity contribution < 1.29 is 14.2 Å². The maximum absolute atomic E-state index is 6.26. The summed E-state index contributed by atoms with van der Waals surface area (Å²) in [6.07, 6.45) is 0.292. The zero-order valence-corrected chi connectivity index (χ0v) is 20.6. The summed E-state index contributed by atoms with van der Waals surface area (Å²) in [4.78, 5) is 0. The van der Waals surface area contributed by atoms with Gasteiger partial charge < -0.3 is 14.2 Å². The second-order valence-corrected chi connectivity index (χ2v) is 11.3. The van der Waals surface area contributed by atoms with Crippen molar-refractivity contribution in [3.8, 4) is 17.2 Å². The van der Waals surface area contributed by atoms with Gasteiger partial charge in [-0.3, -0.25) is 0 Å². The van der Waals surface area contributed by atoms with Crippen LogP contribution in [0.2, 0.25) is 0 Å². The maximum atomic E-state index is 6.26. The van der Waals surface area contributed by atoms with Crippen LogP contribution in [0.15, 0.2) is 72.8 Å². The van der Waals surface area contributed by atoms with E-state index in [1.54, 1.807) is 0 Å². The van der Waals surface area contributed by atoms with E-state index in [1.165, 1.54) is 15.6 Å². The van der Waals surface area contributed by atoms with Crippen LogP contribution in [-0.2, 0) is 0 Å². The van der Waals surface area contributed by atoms with Crippen molar-refractivity contribution in [2.75, 3.05) is 0 Å². The molecule has 3 aromatic carbocycles. The Bertz CT molecular complexity index is 854. The SMILES string of the molecule is CC(C)Oc1ccccc1[SiH](c1ccccc1OC(C)C)c1ccccc1OC(C)C. The van der Waals surface area contributed by atoms with E-state index in [0.29, 0.717) is 0 Å². The minimum absolute atomic E-state index is 0.0973. The van der Waals surface area contributed by atoms with Crippen LogP contribution in [0, 0.1) is 0 Å². The number of hydrogen-bond donors (Lipinski definition) is 0. The molecule has 0 spiro atoms. The third-order valence-electron chi connectivity index (χ3n) is 4.78. The molecule has 0 aliphatic heterocycles. The van der Waals surface area contributed by atoms with Crippen LogP contribution in [0.5, 0.6) is 17.2 Å². The molecule has 31 heavy (non-hydrogen) atoms. The molecule has 0 radical (unpaired) electrons. The molecule has 164 valence electrons. The molecular weight excluding hydrogens is 400 g/mol. The van der Waals surface area contributed by atoms with Crippen LogP contribution in [0.25, 0.3) is 0 Å². The van der Waals surface area contributed by atoms with Crippen molar-refractivity contribution in [1.82, 2.24) is 0 Å². The normalized spacial score (nSPS) is 11.4. The van der Waals surface area contributed by atoms with Crippen molar-refractivity contribution >= 4 is 24.4 Å². The number of ether oxygens (including phenoxy) is 3. The molecule has 3 aromatic rings. The van der Waals surface area contributed by atoms with E-state index < -0.39 is 8.80 Å². The van der Waals surface area contributed by atoms with E-state index in [9.17, 15) is 0 Å². The van der Waals surface area contributed by atoms with Crippen molar-refractivity contribution in [3.63, 3.8) is 0 Å². The Morgan fingerprint density at radius 2 is 0.710 bits per heavy atom. The summed E-state index contributed by atoms with van der Waals surface area (Å²) in [6.45, 7) is 12.4. The van der Waals surface area contributed by atoms with E-state index >= 15 is 0 Å². The summed E-state index contributed by atoms with van der Waals surface area (Å²) in [5, 5.41) is 3.70. The Morgan fingerprint density at radius 3 is 0.968 bits per heavy atom. The minimum atomic E-state index is -1.98. The molecule has 0 saturated heterocycles. The Morgan fingerprint density at radius 1 is 0.452 bits per heavy atom. The number of benzene rings is 3.